The topological polar surface area (TPSA) is 26.0 Å². The average Bonchev–Trinajstić information content (AvgIpc) is 2.28. The molecule has 0 saturated carbocycles. The van der Waals surface area contributed by atoms with Crippen molar-refractivity contribution in [3.8, 4) is 0 Å². The van der Waals surface area contributed by atoms with Gasteiger partial charge >= 0.3 is 0 Å². The van der Waals surface area contributed by atoms with E-state index in [0.29, 0.717) is 5.04 Å². The van der Waals surface area contributed by atoms with Crippen molar-refractivity contribution in [1.82, 2.24) is 0 Å². The minimum absolute atomic E-state index is 0.364. The molecule has 0 aliphatic heterocycles. The summed E-state index contributed by atoms with van der Waals surface area (Å²) in [5, 5.41) is 1.94. The van der Waals surface area contributed by atoms with Crippen molar-refractivity contribution in [1.29, 1.82) is 0 Å². The van der Waals surface area contributed by atoms with Crippen molar-refractivity contribution >= 4 is 14.1 Å². The van der Waals surface area contributed by atoms with Crippen molar-refractivity contribution in [2.45, 2.75) is 45.3 Å². The first-order valence-electron chi connectivity index (χ1n) is 6.75. The summed E-state index contributed by atoms with van der Waals surface area (Å²) in [6, 6.07) is 10.6. The zero-order valence-electron chi connectivity index (χ0n) is 12.5. The van der Waals surface area contributed by atoms with Gasteiger partial charge in [0.25, 0.3) is 0 Å². The molecular weight excluding hydrogens is 234 g/mol. The molecule has 0 aliphatic carbocycles. The molecule has 0 fully saturated rings. The fourth-order valence-electron chi connectivity index (χ4n) is 1.95. The van der Waals surface area contributed by atoms with Crippen LogP contribution in [0.2, 0.25) is 18.1 Å². The molecule has 1 aromatic rings. The van der Waals surface area contributed by atoms with Gasteiger partial charge in [-0.2, -0.15) is 0 Å². The minimum Gasteiger partial charge on any atom is -0.330 e. The van der Waals surface area contributed by atoms with Gasteiger partial charge in [0.15, 0.2) is 0 Å². The van der Waals surface area contributed by atoms with Crippen LogP contribution in [0.15, 0.2) is 35.5 Å². The van der Waals surface area contributed by atoms with Crippen molar-refractivity contribution in [2.75, 3.05) is 6.54 Å². The SMILES string of the molecule is CC(C)(C)[Si](C)(C)C(=Cc1ccccc1)CCN. The second-order valence-electron chi connectivity index (χ2n) is 6.49. The zero-order chi connectivity index (χ0) is 13.8. The highest BCUT2D eigenvalue weighted by atomic mass is 28.3. The summed E-state index contributed by atoms with van der Waals surface area (Å²) in [6.07, 6.45) is 3.38. The van der Waals surface area contributed by atoms with Crippen LogP contribution in [0, 0.1) is 0 Å². The van der Waals surface area contributed by atoms with Crippen LogP contribution >= 0.6 is 0 Å². The van der Waals surface area contributed by atoms with Crippen LogP contribution < -0.4 is 5.73 Å². The molecule has 1 nitrogen and oxygen atoms in total. The van der Waals surface area contributed by atoms with Gasteiger partial charge < -0.3 is 5.73 Å². The predicted molar refractivity (Wildman–Crippen MR) is 85.3 cm³/mol. The highest BCUT2D eigenvalue weighted by Gasteiger charge is 2.37. The number of hydrogen-bond acceptors (Lipinski definition) is 1. The molecule has 0 saturated heterocycles. The summed E-state index contributed by atoms with van der Waals surface area (Å²) in [5.41, 5.74) is 7.10. The smallest absolute Gasteiger partial charge is 0.0808 e. The molecule has 0 bridgehead atoms. The highest BCUT2D eigenvalue weighted by molar-refractivity contribution is 6.87. The molecule has 0 radical (unpaired) electrons. The normalized spacial score (nSPS) is 13.8. The van der Waals surface area contributed by atoms with E-state index in [-0.39, 0.29) is 0 Å². The second-order valence-corrected chi connectivity index (χ2v) is 11.9. The molecule has 0 amide bonds. The lowest BCUT2D eigenvalue weighted by molar-refractivity contribution is 0.721. The summed E-state index contributed by atoms with van der Waals surface area (Å²) < 4.78 is 0. The predicted octanol–water partition coefficient (Wildman–Crippen LogP) is 4.47. The van der Waals surface area contributed by atoms with E-state index in [1.807, 2.05) is 0 Å². The maximum absolute atomic E-state index is 5.80. The Hall–Kier alpha value is -0.863. The summed E-state index contributed by atoms with van der Waals surface area (Å²) in [4.78, 5) is 0. The van der Waals surface area contributed by atoms with E-state index in [4.69, 9.17) is 5.73 Å². The van der Waals surface area contributed by atoms with E-state index in [1.165, 1.54) is 5.56 Å². The number of benzene rings is 1. The van der Waals surface area contributed by atoms with E-state index < -0.39 is 8.07 Å². The monoisotopic (exact) mass is 261 g/mol. The maximum Gasteiger partial charge on any atom is 0.0808 e. The molecule has 0 unspecified atom stereocenters. The van der Waals surface area contributed by atoms with Gasteiger partial charge in [0.05, 0.1) is 8.07 Å². The largest absolute Gasteiger partial charge is 0.330 e. The molecule has 100 valence electrons. The van der Waals surface area contributed by atoms with E-state index >= 15 is 0 Å². The van der Waals surface area contributed by atoms with Crippen LogP contribution in [0.4, 0.5) is 0 Å². The molecule has 1 rings (SSSR count). The maximum atomic E-state index is 5.80. The molecule has 0 aromatic heterocycles. The number of hydrogen-bond donors (Lipinski definition) is 1. The molecule has 0 heterocycles. The van der Waals surface area contributed by atoms with Gasteiger partial charge in [-0.05, 0) is 23.6 Å². The molecule has 0 spiro atoms. The first-order chi connectivity index (χ1) is 8.29. The van der Waals surface area contributed by atoms with Gasteiger partial charge in [-0.3, -0.25) is 0 Å². The Morgan fingerprint density at radius 1 is 1.17 bits per heavy atom. The molecular formula is C16H27NSi. The average molecular weight is 261 g/mol. The van der Waals surface area contributed by atoms with Crippen LogP contribution in [0.1, 0.15) is 32.8 Å². The number of nitrogens with two attached hydrogens (primary N) is 1. The van der Waals surface area contributed by atoms with Gasteiger partial charge in [-0.15, -0.1) is 0 Å². The first kappa shape index (κ1) is 15.2. The minimum atomic E-state index is -1.46. The Kier molecular flexibility index (Phi) is 4.94. The van der Waals surface area contributed by atoms with E-state index in [2.05, 4.69) is 70.3 Å². The Morgan fingerprint density at radius 3 is 2.17 bits per heavy atom. The van der Waals surface area contributed by atoms with Crippen LogP contribution in [-0.4, -0.2) is 14.6 Å². The van der Waals surface area contributed by atoms with Crippen molar-refractivity contribution < 1.29 is 0 Å². The molecule has 2 heteroatoms. The summed E-state index contributed by atoms with van der Waals surface area (Å²) in [7, 11) is -1.46. The Labute approximate surface area is 113 Å². The summed E-state index contributed by atoms with van der Waals surface area (Å²) >= 11 is 0. The summed E-state index contributed by atoms with van der Waals surface area (Å²) in [6.45, 7) is 12.7. The van der Waals surface area contributed by atoms with Crippen LogP contribution in [0.3, 0.4) is 0 Å². The molecule has 18 heavy (non-hydrogen) atoms. The zero-order valence-corrected chi connectivity index (χ0v) is 13.5. The fraction of sp³-hybridized carbons (Fsp3) is 0.500. The van der Waals surface area contributed by atoms with Crippen LogP contribution in [0.5, 0.6) is 0 Å². The lowest BCUT2D eigenvalue weighted by atomic mass is 10.2. The molecule has 1 aromatic carbocycles. The highest BCUT2D eigenvalue weighted by Crippen LogP contribution is 2.42. The van der Waals surface area contributed by atoms with Crippen LogP contribution in [-0.2, 0) is 0 Å². The third kappa shape index (κ3) is 3.56. The van der Waals surface area contributed by atoms with Crippen LogP contribution in [0.25, 0.3) is 6.08 Å². The van der Waals surface area contributed by atoms with Crippen molar-refractivity contribution in [3.63, 3.8) is 0 Å². The molecule has 0 aliphatic rings. The second kappa shape index (κ2) is 5.85. The third-order valence-electron chi connectivity index (χ3n) is 4.23. The lowest BCUT2D eigenvalue weighted by Gasteiger charge is -2.39. The molecule has 2 N–H and O–H groups in total. The van der Waals surface area contributed by atoms with Gasteiger partial charge in [-0.25, -0.2) is 0 Å². The van der Waals surface area contributed by atoms with Gasteiger partial charge in [0.2, 0.25) is 0 Å². The van der Waals surface area contributed by atoms with Crippen molar-refractivity contribution in [2.24, 2.45) is 5.73 Å². The van der Waals surface area contributed by atoms with Crippen molar-refractivity contribution in [3.05, 3.63) is 41.1 Å². The van der Waals surface area contributed by atoms with Gasteiger partial charge in [-0.1, -0.05) is 75.5 Å². The van der Waals surface area contributed by atoms with E-state index in [1.54, 1.807) is 5.20 Å². The number of rotatable bonds is 4. The first-order valence-corrected chi connectivity index (χ1v) is 9.75. The standard InChI is InChI=1S/C16H27NSi/c1-16(2,3)18(4,5)15(11-12-17)13-14-9-7-6-8-10-14/h6-10,13H,11-12,17H2,1-5H3. The summed E-state index contributed by atoms with van der Waals surface area (Å²) in [5.74, 6) is 0. The Bertz CT molecular complexity index is 399. The Balaban J connectivity index is 3.15. The van der Waals surface area contributed by atoms with Gasteiger partial charge in [0.1, 0.15) is 0 Å². The Morgan fingerprint density at radius 2 is 1.72 bits per heavy atom. The quantitative estimate of drug-likeness (QED) is 0.795. The van der Waals surface area contributed by atoms with E-state index in [9.17, 15) is 0 Å². The third-order valence-corrected chi connectivity index (χ3v) is 9.98. The molecule has 0 atom stereocenters. The fourth-order valence-corrected chi connectivity index (χ4v) is 4.21. The lowest BCUT2D eigenvalue weighted by Crippen LogP contribution is -2.40. The van der Waals surface area contributed by atoms with Gasteiger partial charge in [0, 0.05) is 0 Å². The van der Waals surface area contributed by atoms with E-state index in [0.717, 1.165) is 13.0 Å².